The lowest BCUT2D eigenvalue weighted by Gasteiger charge is -2.11. The number of anilines is 1. The molecule has 13 heavy (non-hydrogen) atoms. The molecule has 0 aliphatic carbocycles. The van der Waals surface area contributed by atoms with Crippen LogP contribution < -0.4 is 5.32 Å². The summed E-state index contributed by atoms with van der Waals surface area (Å²) >= 11 is 0. The molecule has 1 rings (SSSR count). The van der Waals surface area contributed by atoms with Gasteiger partial charge in [-0.3, -0.25) is 4.21 Å². The summed E-state index contributed by atoms with van der Waals surface area (Å²) in [6, 6.07) is 0. The van der Waals surface area contributed by atoms with Gasteiger partial charge in [-0.05, 0) is 6.92 Å². The highest BCUT2D eigenvalue weighted by atomic mass is 32.2. The van der Waals surface area contributed by atoms with Gasteiger partial charge in [-0.15, -0.1) is 0 Å². The van der Waals surface area contributed by atoms with Crippen LogP contribution in [0.15, 0.2) is 12.4 Å². The highest BCUT2D eigenvalue weighted by molar-refractivity contribution is 7.84. The fraction of sp³-hybridized carbons (Fsp3) is 0.625. The maximum atomic E-state index is 11.1. The van der Waals surface area contributed by atoms with Crippen LogP contribution in [-0.2, 0) is 17.3 Å². The van der Waals surface area contributed by atoms with Gasteiger partial charge < -0.3 is 9.88 Å². The molecule has 0 spiro atoms. The van der Waals surface area contributed by atoms with Crippen LogP contribution >= 0.6 is 0 Å². The lowest BCUT2D eigenvalue weighted by molar-refractivity contribution is 0.646. The first-order valence-corrected chi connectivity index (χ1v) is 5.78. The molecule has 0 aromatic carbocycles. The van der Waals surface area contributed by atoms with Crippen molar-refractivity contribution in [2.75, 3.05) is 18.6 Å². The number of imidazole rings is 1. The minimum absolute atomic E-state index is 0.154. The average molecular weight is 201 g/mol. The van der Waals surface area contributed by atoms with Crippen LogP contribution in [0.2, 0.25) is 0 Å². The molecular formula is C8H15N3OS. The van der Waals surface area contributed by atoms with Crippen molar-refractivity contribution >= 4 is 16.7 Å². The van der Waals surface area contributed by atoms with Crippen molar-refractivity contribution in [3.63, 3.8) is 0 Å². The quantitative estimate of drug-likeness (QED) is 0.779. The first kappa shape index (κ1) is 10.2. The number of nitrogens with one attached hydrogen (secondary N) is 1. The third kappa shape index (κ3) is 2.55. The van der Waals surface area contributed by atoms with E-state index in [2.05, 4.69) is 10.3 Å². The molecule has 4 nitrogen and oxygen atoms in total. The summed E-state index contributed by atoms with van der Waals surface area (Å²) in [4.78, 5) is 4.10. The van der Waals surface area contributed by atoms with Gasteiger partial charge in [0.1, 0.15) is 0 Å². The van der Waals surface area contributed by atoms with Gasteiger partial charge in [-0.25, -0.2) is 4.98 Å². The summed E-state index contributed by atoms with van der Waals surface area (Å²) in [5, 5.41) is 3.13. The highest BCUT2D eigenvalue weighted by Gasteiger charge is 2.08. The Morgan fingerprint density at radius 3 is 3.00 bits per heavy atom. The van der Waals surface area contributed by atoms with Crippen molar-refractivity contribution in [1.29, 1.82) is 0 Å². The smallest absolute Gasteiger partial charge is 0.202 e. The third-order valence-corrected chi connectivity index (χ3v) is 3.24. The molecule has 0 fully saturated rings. The van der Waals surface area contributed by atoms with Crippen LogP contribution in [0.1, 0.15) is 6.92 Å². The summed E-state index contributed by atoms with van der Waals surface area (Å²) in [5.74, 6) is 0.817. The largest absolute Gasteiger partial charge is 0.359 e. The number of hydrogen-bond acceptors (Lipinski definition) is 3. The summed E-state index contributed by atoms with van der Waals surface area (Å²) in [5.41, 5.74) is 0. The Labute approximate surface area is 80.8 Å². The molecule has 0 aliphatic rings. The van der Waals surface area contributed by atoms with E-state index in [0.29, 0.717) is 0 Å². The van der Waals surface area contributed by atoms with E-state index in [9.17, 15) is 4.21 Å². The van der Waals surface area contributed by atoms with E-state index < -0.39 is 10.8 Å². The minimum Gasteiger partial charge on any atom is -0.359 e. The zero-order chi connectivity index (χ0) is 9.84. The van der Waals surface area contributed by atoms with Gasteiger partial charge in [0.25, 0.3) is 0 Å². The first-order chi connectivity index (χ1) is 6.15. The molecular weight excluding hydrogens is 186 g/mol. The van der Waals surface area contributed by atoms with Crippen molar-refractivity contribution < 1.29 is 4.21 Å². The molecule has 0 radical (unpaired) electrons. The first-order valence-electron chi connectivity index (χ1n) is 4.16. The van der Waals surface area contributed by atoms with Crippen molar-refractivity contribution in [3.05, 3.63) is 12.4 Å². The maximum absolute atomic E-state index is 11.1. The monoisotopic (exact) mass is 201 g/mol. The zero-order valence-electron chi connectivity index (χ0n) is 8.15. The second-order valence-electron chi connectivity index (χ2n) is 2.96. The number of hydrogen-bond donors (Lipinski definition) is 1. The third-order valence-electron chi connectivity index (χ3n) is 1.96. The summed E-state index contributed by atoms with van der Waals surface area (Å²) in [6.45, 7) is 2.70. The second kappa shape index (κ2) is 4.41. The molecule has 0 bridgehead atoms. The van der Waals surface area contributed by atoms with Gasteiger partial charge >= 0.3 is 0 Å². The lowest BCUT2D eigenvalue weighted by atomic mass is 10.5. The normalized spacial score (nSPS) is 15.3. The van der Waals surface area contributed by atoms with E-state index in [1.807, 2.05) is 24.7 Å². The Morgan fingerprint density at radius 2 is 2.46 bits per heavy atom. The predicted molar refractivity (Wildman–Crippen MR) is 55.3 cm³/mol. The van der Waals surface area contributed by atoms with Gasteiger partial charge in [-0.2, -0.15) is 0 Å². The predicted octanol–water partition coefficient (Wildman–Crippen LogP) is 0.692. The van der Waals surface area contributed by atoms with E-state index in [4.69, 9.17) is 0 Å². The van der Waals surface area contributed by atoms with E-state index >= 15 is 0 Å². The van der Waals surface area contributed by atoms with Crippen LogP contribution in [0.3, 0.4) is 0 Å². The molecule has 1 heterocycles. The molecule has 0 amide bonds. The summed E-state index contributed by atoms with van der Waals surface area (Å²) in [6.07, 6.45) is 5.34. The number of rotatable bonds is 4. The SMILES string of the molecule is CNc1nccn1CC(C)S(C)=O. The summed E-state index contributed by atoms with van der Waals surface area (Å²) in [7, 11) is 1.04. The van der Waals surface area contributed by atoms with Gasteiger partial charge in [0.05, 0.1) is 0 Å². The lowest BCUT2D eigenvalue weighted by Crippen LogP contribution is -2.18. The Balaban J connectivity index is 2.68. The molecule has 1 aromatic heterocycles. The van der Waals surface area contributed by atoms with Crippen LogP contribution in [0.4, 0.5) is 5.95 Å². The maximum Gasteiger partial charge on any atom is 0.202 e. The van der Waals surface area contributed by atoms with E-state index in [1.54, 1.807) is 12.5 Å². The highest BCUT2D eigenvalue weighted by Crippen LogP contribution is 2.06. The average Bonchev–Trinajstić information content (AvgIpc) is 2.51. The summed E-state index contributed by atoms with van der Waals surface area (Å²) < 4.78 is 13.1. The fourth-order valence-electron chi connectivity index (χ4n) is 1.07. The molecule has 2 unspecified atom stereocenters. The number of aromatic nitrogens is 2. The van der Waals surface area contributed by atoms with Gasteiger partial charge in [0.15, 0.2) is 0 Å². The Morgan fingerprint density at radius 1 is 1.77 bits per heavy atom. The van der Waals surface area contributed by atoms with Crippen LogP contribution in [-0.4, -0.2) is 32.3 Å². The number of nitrogens with zero attached hydrogens (tertiary/aromatic N) is 2. The van der Waals surface area contributed by atoms with Gasteiger partial charge in [0, 0.05) is 48.3 Å². The second-order valence-corrected chi connectivity index (χ2v) is 4.76. The Kier molecular flexibility index (Phi) is 3.48. The standard InChI is InChI=1S/C8H15N3OS/c1-7(13(3)12)6-11-5-4-10-8(11)9-2/h4-5,7H,6H2,1-3H3,(H,9,10). The topological polar surface area (TPSA) is 46.9 Å². The molecule has 0 saturated carbocycles. The molecule has 0 aliphatic heterocycles. The fourth-order valence-corrected chi connectivity index (χ4v) is 1.44. The van der Waals surface area contributed by atoms with Crippen molar-refractivity contribution in [3.8, 4) is 0 Å². The van der Waals surface area contributed by atoms with Gasteiger partial charge in [-0.1, -0.05) is 0 Å². The van der Waals surface area contributed by atoms with Crippen molar-refractivity contribution in [2.24, 2.45) is 0 Å². The molecule has 5 heteroatoms. The van der Waals surface area contributed by atoms with E-state index in [-0.39, 0.29) is 5.25 Å². The Bertz CT molecular complexity index is 297. The molecule has 1 aromatic rings. The molecule has 1 N–H and O–H groups in total. The zero-order valence-corrected chi connectivity index (χ0v) is 8.97. The Hall–Kier alpha value is -0.840. The van der Waals surface area contributed by atoms with E-state index in [1.165, 1.54) is 0 Å². The van der Waals surface area contributed by atoms with Crippen LogP contribution in [0.25, 0.3) is 0 Å². The minimum atomic E-state index is -0.782. The van der Waals surface area contributed by atoms with Crippen LogP contribution in [0.5, 0.6) is 0 Å². The van der Waals surface area contributed by atoms with E-state index in [0.717, 1.165) is 12.5 Å². The van der Waals surface area contributed by atoms with Crippen molar-refractivity contribution in [2.45, 2.75) is 18.7 Å². The molecule has 2 atom stereocenters. The molecule has 0 saturated heterocycles. The molecule has 74 valence electrons. The van der Waals surface area contributed by atoms with Crippen molar-refractivity contribution in [1.82, 2.24) is 9.55 Å². The van der Waals surface area contributed by atoms with Crippen LogP contribution in [0, 0.1) is 0 Å². The van der Waals surface area contributed by atoms with Gasteiger partial charge in [0.2, 0.25) is 5.95 Å².